The molecular weight excluding hydrogens is 727 g/mol. The number of hydrogen-bond donors (Lipinski definition) is 0. The van der Waals surface area contributed by atoms with Gasteiger partial charge in [0.25, 0.3) is 0 Å². The van der Waals surface area contributed by atoms with Gasteiger partial charge >= 0.3 is 0 Å². The molecule has 0 aliphatic heterocycles. The molecular formula is C58H39NO. The monoisotopic (exact) mass is 765 g/mol. The zero-order valence-electron chi connectivity index (χ0n) is 33.4. The Hall–Kier alpha value is -7.42. The highest BCUT2D eigenvalue weighted by Gasteiger charge is 2.51. The lowest BCUT2D eigenvalue weighted by Crippen LogP contribution is -2.26. The maximum Gasteiger partial charge on any atom is 0.137 e. The average Bonchev–Trinajstić information content (AvgIpc) is 3.98. The fourth-order valence-corrected chi connectivity index (χ4v) is 11.3. The van der Waals surface area contributed by atoms with E-state index < -0.39 is 5.41 Å². The van der Waals surface area contributed by atoms with Crippen molar-refractivity contribution in [1.29, 1.82) is 0 Å². The van der Waals surface area contributed by atoms with E-state index >= 15 is 0 Å². The fraction of sp³-hybridized carbons (Fsp3) is 0.0690. The third kappa shape index (κ3) is 4.32. The van der Waals surface area contributed by atoms with Crippen molar-refractivity contribution in [3.05, 3.63) is 234 Å². The lowest BCUT2D eigenvalue weighted by atomic mass is 9.70. The summed E-state index contributed by atoms with van der Waals surface area (Å²) in [5, 5.41) is 2.25. The van der Waals surface area contributed by atoms with Gasteiger partial charge in [-0.05, 0) is 120 Å². The van der Waals surface area contributed by atoms with Crippen molar-refractivity contribution >= 4 is 39.0 Å². The van der Waals surface area contributed by atoms with Gasteiger partial charge in [-0.1, -0.05) is 166 Å². The van der Waals surface area contributed by atoms with Crippen LogP contribution < -0.4 is 4.90 Å². The molecule has 3 aliphatic carbocycles. The van der Waals surface area contributed by atoms with Crippen LogP contribution in [0.3, 0.4) is 0 Å². The van der Waals surface area contributed by atoms with E-state index in [0.717, 1.165) is 39.0 Å². The van der Waals surface area contributed by atoms with Gasteiger partial charge in [0, 0.05) is 39.3 Å². The predicted octanol–water partition coefficient (Wildman–Crippen LogP) is 15.4. The second kappa shape index (κ2) is 12.1. The molecule has 2 nitrogen and oxygen atoms in total. The quantitative estimate of drug-likeness (QED) is 0.177. The van der Waals surface area contributed by atoms with Gasteiger partial charge in [0.1, 0.15) is 11.2 Å². The van der Waals surface area contributed by atoms with Crippen molar-refractivity contribution in [3.63, 3.8) is 0 Å². The van der Waals surface area contributed by atoms with Gasteiger partial charge in [-0.2, -0.15) is 0 Å². The van der Waals surface area contributed by atoms with Crippen molar-refractivity contribution in [2.75, 3.05) is 4.90 Å². The van der Waals surface area contributed by atoms with Crippen LogP contribution in [0.5, 0.6) is 0 Å². The smallest absolute Gasteiger partial charge is 0.137 e. The molecule has 0 N–H and O–H groups in total. The Kier molecular flexibility index (Phi) is 6.74. The first-order chi connectivity index (χ1) is 29.5. The van der Waals surface area contributed by atoms with E-state index in [9.17, 15) is 0 Å². The lowest BCUT2D eigenvalue weighted by Gasteiger charge is -2.32. The maximum absolute atomic E-state index is 6.57. The highest BCUT2D eigenvalue weighted by molar-refractivity contribution is 6.06. The third-order valence-corrected chi connectivity index (χ3v) is 13.9. The highest BCUT2D eigenvalue weighted by Crippen LogP contribution is 2.63. The van der Waals surface area contributed by atoms with Crippen LogP contribution in [0.1, 0.15) is 47.2 Å². The van der Waals surface area contributed by atoms with Gasteiger partial charge in [0.05, 0.1) is 5.41 Å². The van der Waals surface area contributed by atoms with E-state index in [4.69, 9.17) is 4.42 Å². The fourth-order valence-electron chi connectivity index (χ4n) is 11.3. The minimum absolute atomic E-state index is 0.152. The summed E-state index contributed by atoms with van der Waals surface area (Å²) in [6, 6.07) is 74.2. The molecule has 1 aromatic heterocycles. The summed E-state index contributed by atoms with van der Waals surface area (Å²) < 4.78 is 6.57. The SMILES string of the molecule is CC1(C)c2ccc(N(c3ccc4c(c3)C3(c5ccccc5-c5ccccc53)c3ccccc3-4)c3ccc4c(c3)oc3ccccc34)cc2-c2c(-c3ccccc3)cccc21. The molecule has 0 radical (unpaired) electrons. The molecule has 1 spiro atoms. The van der Waals surface area contributed by atoms with E-state index in [-0.39, 0.29) is 5.41 Å². The Labute approximate surface area is 349 Å². The number of para-hydroxylation sites is 1. The summed E-state index contributed by atoms with van der Waals surface area (Å²) in [4.78, 5) is 2.45. The summed E-state index contributed by atoms with van der Waals surface area (Å²) in [5.74, 6) is 0. The zero-order chi connectivity index (χ0) is 39.7. The Morgan fingerprint density at radius 3 is 1.62 bits per heavy atom. The molecule has 10 aromatic rings. The van der Waals surface area contributed by atoms with Gasteiger partial charge in [-0.15, -0.1) is 0 Å². The first kappa shape index (κ1) is 33.5. The molecule has 3 aliphatic rings. The number of anilines is 3. The van der Waals surface area contributed by atoms with Crippen LogP contribution in [0.25, 0.3) is 66.4 Å². The van der Waals surface area contributed by atoms with E-state index in [1.54, 1.807) is 0 Å². The van der Waals surface area contributed by atoms with Crippen LogP contribution in [0.4, 0.5) is 17.1 Å². The largest absolute Gasteiger partial charge is 0.456 e. The summed E-state index contributed by atoms with van der Waals surface area (Å²) in [6.07, 6.45) is 0. The molecule has 2 heteroatoms. The standard InChI is InChI=1S/C58H39NO/c1-57(2)48-32-29-37(33-47(48)56-40(21-14-25-52(56)57)36-15-4-3-5-16-36)59(39-28-31-46-45-20-9-13-26-54(45)60-55(46)35-39)38-27-30-44-43-19-8-12-24-51(43)58(53(44)34-38)49-22-10-6-17-41(49)42-18-7-11-23-50(42)58/h3-35H,1-2H3. The number of furan rings is 1. The molecule has 0 unspecified atom stereocenters. The molecule has 0 saturated heterocycles. The average molecular weight is 766 g/mol. The molecule has 0 fully saturated rings. The molecule has 9 aromatic carbocycles. The molecule has 13 rings (SSSR count). The van der Waals surface area contributed by atoms with Crippen molar-refractivity contribution in [3.8, 4) is 44.5 Å². The topological polar surface area (TPSA) is 16.4 Å². The normalized spacial score (nSPS) is 14.4. The Bertz CT molecular complexity index is 3360. The molecule has 0 bridgehead atoms. The highest BCUT2D eigenvalue weighted by atomic mass is 16.3. The van der Waals surface area contributed by atoms with Crippen molar-refractivity contribution in [2.45, 2.75) is 24.7 Å². The van der Waals surface area contributed by atoms with Crippen molar-refractivity contribution < 1.29 is 4.42 Å². The van der Waals surface area contributed by atoms with Crippen LogP contribution in [0, 0.1) is 0 Å². The molecule has 0 amide bonds. The number of benzene rings is 9. The first-order valence-corrected chi connectivity index (χ1v) is 21.0. The molecule has 282 valence electrons. The predicted molar refractivity (Wildman–Crippen MR) is 248 cm³/mol. The molecule has 1 heterocycles. The number of hydrogen-bond acceptors (Lipinski definition) is 2. The first-order valence-electron chi connectivity index (χ1n) is 21.0. The lowest BCUT2D eigenvalue weighted by molar-refractivity contribution is 0.660. The van der Waals surface area contributed by atoms with E-state index in [1.807, 2.05) is 6.07 Å². The number of fused-ring (bicyclic) bond motifs is 16. The van der Waals surface area contributed by atoms with Gasteiger partial charge in [0.2, 0.25) is 0 Å². The Morgan fingerprint density at radius 2 is 0.883 bits per heavy atom. The third-order valence-electron chi connectivity index (χ3n) is 13.9. The van der Waals surface area contributed by atoms with Crippen LogP contribution in [-0.2, 0) is 10.8 Å². The van der Waals surface area contributed by atoms with Crippen LogP contribution >= 0.6 is 0 Å². The second-order valence-corrected chi connectivity index (χ2v) is 17.2. The number of rotatable bonds is 4. The van der Waals surface area contributed by atoms with Crippen LogP contribution in [0.15, 0.2) is 205 Å². The molecule has 0 saturated carbocycles. The summed E-state index contributed by atoms with van der Waals surface area (Å²) >= 11 is 0. The zero-order valence-corrected chi connectivity index (χ0v) is 33.4. The molecule has 60 heavy (non-hydrogen) atoms. The van der Waals surface area contributed by atoms with Gasteiger partial charge in [0.15, 0.2) is 0 Å². The van der Waals surface area contributed by atoms with Crippen LogP contribution in [-0.4, -0.2) is 0 Å². The van der Waals surface area contributed by atoms with Crippen molar-refractivity contribution in [2.24, 2.45) is 0 Å². The maximum atomic E-state index is 6.57. The van der Waals surface area contributed by atoms with Gasteiger partial charge in [-0.25, -0.2) is 0 Å². The number of nitrogens with zero attached hydrogens (tertiary/aromatic N) is 1. The summed E-state index contributed by atoms with van der Waals surface area (Å²) in [7, 11) is 0. The summed E-state index contributed by atoms with van der Waals surface area (Å²) in [6.45, 7) is 4.74. The van der Waals surface area contributed by atoms with E-state index in [2.05, 4.69) is 213 Å². The molecule has 0 atom stereocenters. The van der Waals surface area contributed by atoms with Gasteiger partial charge in [-0.3, -0.25) is 0 Å². The van der Waals surface area contributed by atoms with Gasteiger partial charge < -0.3 is 9.32 Å². The summed E-state index contributed by atoms with van der Waals surface area (Å²) in [5.41, 5.74) is 22.8. The minimum atomic E-state index is -0.449. The van der Waals surface area contributed by atoms with Crippen LogP contribution in [0.2, 0.25) is 0 Å². The van der Waals surface area contributed by atoms with E-state index in [0.29, 0.717) is 0 Å². The van der Waals surface area contributed by atoms with E-state index in [1.165, 1.54) is 77.9 Å². The Balaban J connectivity index is 1.08. The second-order valence-electron chi connectivity index (χ2n) is 17.2. The minimum Gasteiger partial charge on any atom is -0.456 e. The Morgan fingerprint density at radius 1 is 0.350 bits per heavy atom. The van der Waals surface area contributed by atoms with Crippen molar-refractivity contribution in [1.82, 2.24) is 0 Å².